The molecule has 0 saturated heterocycles. The number of thiazole rings is 1. The van der Waals surface area contributed by atoms with Crippen LogP contribution in [0.15, 0.2) is 60.5 Å². The van der Waals surface area contributed by atoms with E-state index in [1.54, 1.807) is 24.0 Å². The average molecular weight is 459 g/mol. The van der Waals surface area contributed by atoms with Crippen LogP contribution in [0.2, 0.25) is 0 Å². The van der Waals surface area contributed by atoms with Crippen LogP contribution < -0.4 is 5.32 Å². The summed E-state index contributed by atoms with van der Waals surface area (Å²) in [5, 5.41) is 18.3. The lowest BCUT2D eigenvalue weighted by atomic mass is 10.1. The molecule has 0 spiro atoms. The van der Waals surface area contributed by atoms with Crippen LogP contribution in [0.1, 0.15) is 10.5 Å². The van der Waals surface area contributed by atoms with Crippen molar-refractivity contribution < 1.29 is 4.79 Å². The molecule has 2 N–H and O–H groups in total. The molecule has 0 aliphatic rings. The molecule has 1 amide bonds. The molecule has 10 heteroatoms. The third kappa shape index (κ3) is 4.52. The second-order valence-electron chi connectivity index (χ2n) is 7.85. The van der Waals surface area contributed by atoms with Gasteiger partial charge in [0.25, 0.3) is 5.91 Å². The second kappa shape index (κ2) is 8.93. The third-order valence-corrected chi connectivity index (χ3v) is 6.06. The van der Waals surface area contributed by atoms with E-state index in [-0.39, 0.29) is 5.91 Å². The van der Waals surface area contributed by atoms with Gasteiger partial charge in [-0.25, -0.2) is 4.98 Å². The zero-order valence-corrected chi connectivity index (χ0v) is 19.0. The number of aromatic nitrogens is 6. The number of nitrogens with one attached hydrogen (secondary N) is 2. The van der Waals surface area contributed by atoms with Crippen molar-refractivity contribution in [3.8, 4) is 21.8 Å². The normalized spacial score (nSPS) is 11.4. The number of fused-ring (bicyclic) bond motifs is 1. The summed E-state index contributed by atoms with van der Waals surface area (Å²) in [5.74, 6) is -0.272. The lowest BCUT2D eigenvalue weighted by molar-refractivity contribution is 0.102. The predicted molar refractivity (Wildman–Crippen MR) is 129 cm³/mol. The fourth-order valence-corrected chi connectivity index (χ4v) is 4.27. The molecular formula is C23H22N8OS. The topological polar surface area (TPSA) is 105 Å². The van der Waals surface area contributed by atoms with Crippen LogP contribution in [0.3, 0.4) is 0 Å². The number of aromatic amines is 1. The van der Waals surface area contributed by atoms with Gasteiger partial charge in [0.15, 0.2) is 0 Å². The Kier molecular flexibility index (Phi) is 5.68. The first-order valence-corrected chi connectivity index (χ1v) is 11.3. The lowest BCUT2D eigenvalue weighted by Gasteiger charge is -2.09. The highest BCUT2D eigenvalue weighted by molar-refractivity contribution is 7.13. The first-order chi connectivity index (χ1) is 16.1. The fraction of sp³-hybridized carbons (Fsp3) is 0.174. The van der Waals surface area contributed by atoms with E-state index in [2.05, 4.69) is 30.4 Å². The molecular weight excluding hydrogens is 436 g/mol. The first-order valence-electron chi connectivity index (χ1n) is 10.4. The maximum absolute atomic E-state index is 13.1. The maximum atomic E-state index is 13.1. The Morgan fingerprint density at radius 1 is 1.18 bits per heavy atom. The summed E-state index contributed by atoms with van der Waals surface area (Å²) >= 11 is 1.42. The summed E-state index contributed by atoms with van der Waals surface area (Å²) in [7, 11) is 4.07. The van der Waals surface area contributed by atoms with Crippen molar-refractivity contribution >= 4 is 33.8 Å². The SMILES string of the molecule is CN(C)CCn1cc2cc(NC(=O)c3csc(-c4ccncc4)n3)c(-c3ccn[nH]3)cc2n1. The van der Waals surface area contributed by atoms with E-state index < -0.39 is 0 Å². The molecule has 1 aromatic carbocycles. The first kappa shape index (κ1) is 21.0. The summed E-state index contributed by atoms with van der Waals surface area (Å²) in [6.45, 7) is 1.66. The van der Waals surface area contributed by atoms with Crippen molar-refractivity contribution in [1.82, 2.24) is 34.8 Å². The predicted octanol–water partition coefficient (Wildman–Crippen LogP) is 3.76. The van der Waals surface area contributed by atoms with Gasteiger partial charge in [0.05, 0.1) is 23.4 Å². The molecule has 5 aromatic rings. The van der Waals surface area contributed by atoms with Crippen LogP contribution in [0.25, 0.3) is 32.7 Å². The van der Waals surface area contributed by atoms with Gasteiger partial charge in [0.1, 0.15) is 10.7 Å². The van der Waals surface area contributed by atoms with Gasteiger partial charge in [-0.1, -0.05) is 0 Å². The largest absolute Gasteiger partial charge is 0.320 e. The van der Waals surface area contributed by atoms with E-state index in [0.717, 1.165) is 45.8 Å². The molecule has 9 nitrogen and oxygen atoms in total. The van der Waals surface area contributed by atoms with E-state index >= 15 is 0 Å². The monoisotopic (exact) mass is 458 g/mol. The van der Waals surface area contributed by atoms with E-state index in [1.807, 2.05) is 55.3 Å². The molecule has 0 radical (unpaired) electrons. The van der Waals surface area contributed by atoms with E-state index in [9.17, 15) is 4.79 Å². The van der Waals surface area contributed by atoms with Crippen LogP contribution in [-0.4, -0.2) is 61.4 Å². The van der Waals surface area contributed by atoms with Gasteiger partial charge in [-0.15, -0.1) is 11.3 Å². The zero-order chi connectivity index (χ0) is 22.8. The zero-order valence-electron chi connectivity index (χ0n) is 18.2. The molecule has 5 rings (SSSR count). The van der Waals surface area contributed by atoms with Crippen LogP contribution in [0, 0.1) is 0 Å². The van der Waals surface area contributed by atoms with Crippen molar-refractivity contribution in [3.05, 3.63) is 66.2 Å². The number of H-pyrrole nitrogens is 1. The minimum Gasteiger partial charge on any atom is -0.320 e. The number of hydrogen-bond donors (Lipinski definition) is 2. The van der Waals surface area contributed by atoms with E-state index in [4.69, 9.17) is 5.10 Å². The van der Waals surface area contributed by atoms with E-state index in [0.29, 0.717) is 11.4 Å². The smallest absolute Gasteiger partial charge is 0.275 e. The molecule has 0 atom stereocenters. The number of carbonyl (C=O) groups excluding carboxylic acids is 1. The van der Waals surface area contributed by atoms with Crippen molar-refractivity contribution in [2.75, 3.05) is 26.0 Å². The van der Waals surface area contributed by atoms with Crippen molar-refractivity contribution in [3.63, 3.8) is 0 Å². The number of anilines is 1. The maximum Gasteiger partial charge on any atom is 0.275 e. The van der Waals surface area contributed by atoms with Crippen molar-refractivity contribution in [1.29, 1.82) is 0 Å². The molecule has 166 valence electrons. The Hall–Kier alpha value is -3.89. The van der Waals surface area contributed by atoms with Gasteiger partial charge in [0, 0.05) is 53.2 Å². The third-order valence-electron chi connectivity index (χ3n) is 5.17. The minimum atomic E-state index is -0.272. The van der Waals surface area contributed by atoms with Crippen molar-refractivity contribution in [2.24, 2.45) is 0 Å². The number of pyridine rings is 1. The summed E-state index contributed by atoms with van der Waals surface area (Å²) < 4.78 is 1.93. The van der Waals surface area contributed by atoms with Gasteiger partial charge >= 0.3 is 0 Å². The molecule has 0 aliphatic heterocycles. The van der Waals surface area contributed by atoms with Gasteiger partial charge in [-0.2, -0.15) is 10.2 Å². The number of nitrogens with zero attached hydrogens (tertiary/aromatic N) is 6. The molecule has 33 heavy (non-hydrogen) atoms. The summed E-state index contributed by atoms with van der Waals surface area (Å²) in [6.07, 6.45) is 7.10. The standard InChI is InChI=1S/C23H22N8OS/c1-30(2)9-10-31-13-16-11-20(17(12-19(16)29-31)18-5-8-25-28-18)26-22(32)21-14-33-23(27-21)15-3-6-24-7-4-15/h3-8,11-14H,9-10H2,1-2H3,(H,25,28)(H,26,32). The molecule has 0 aliphatic carbocycles. The highest BCUT2D eigenvalue weighted by Gasteiger charge is 2.17. The number of benzene rings is 1. The van der Waals surface area contributed by atoms with Crippen molar-refractivity contribution in [2.45, 2.75) is 6.54 Å². The van der Waals surface area contributed by atoms with Crippen LogP contribution in [0.4, 0.5) is 5.69 Å². The molecule has 0 unspecified atom stereocenters. The quantitative estimate of drug-likeness (QED) is 0.385. The van der Waals surface area contributed by atoms with Gasteiger partial charge in [0.2, 0.25) is 0 Å². The molecule has 0 bridgehead atoms. The van der Waals surface area contributed by atoms with Crippen LogP contribution >= 0.6 is 11.3 Å². The van der Waals surface area contributed by atoms with E-state index in [1.165, 1.54) is 11.3 Å². The number of likely N-dealkylation sites (N-methyl/N-ethyl adjacent to an activating group) is 1. The summed E-state index contributed by atoms with van der Waals surface area (Å²) in [6, 6.07) is 9.52. The number of rotatable bonds is 7. The van der Waals surface area contributed by atoms with Crippen LogP contribution in [0.5, 0.6) is 0 Å². The van der Waals surface area contributed by atoms with Gasteiger partial charge < -0.3 is 10.2 Å². The Labute approximate surface area is 194 Å². The summed E-state index contributed by atoms with van der Waals surface area (Å²) in [5.41, 5.74) is 4.43. The number of hydrogen-bond acceptors (Lipinski definition) is 7. The minimum absolute atomic E-state index is 0.272. The molecule has 0 fully saturated rings. The molecule has 0 saturated carbocycles. The number of carbonyl (C=O) groups is 1. The lowest BCUT2D eigenvalue weighted by Crippen LogP contribution is -2.18. The Morgan fingerprint density at radius 2 is 2.03 bits per heavy atom. The van der Waals surface area contributed by atoms with Crippen LogP contribution in [-0.2, 0) is 6.54 Å². The molecule has 4 heterocycles. The second-order valence-corrected chi connectivity index (χ2v) is 8.71. The van der Waals surface area contributed by atoms with Gasteiger partial charge in [-0.3, -0.25) is 19.6 Å². The Morgan fingerprint density at radius 3 is 2.79 bits per heavy atom. The Balaban J connectivity index is 1.46. The number of amides is 1. The Bertz CT molecular complexity index is 1390. The highest BCUT2D eigenvalue weighted by atomic mass is 32.1. The van der Waals surface area contributed by atoms with Gasteiger partial charge in [-0.05, 0) is 44.4 Å². The highest BCUT2D eigenvalue weighted by Crippen LogP contribution is 2.32. The summed E-state index contributed by atoms with van der Waals surface area (Å²) in [4.78, 5) is 23.7. The average Bonchev–Trinajstić information content (AvgIpc) is 3.58. The fourth-order valence-electron chi connectivity index (χ4n) is 3.46. The molecule has 4 aromatic heterocycles.